The minimum Gasteiger partial charge on any atom is -0.399 e. The molecule has 35 heavy (non-hydrogen) atoms. The molecule has 1 unspecified atom stereocenters. The highest BCUT2D eigenvalue weighted by atomic mass is 19.4. The number of rotatable bonds is 5. The Kier molecular flexibility index (Phi) is 6.00. The molecule has 0 bridgehead atoms. The van der Waals surface area contributed by atoms with Crippen molar-refractivity contribution in [3.63, 3.8) is 0 Å². The zero-order valence-electron chi connectivity index (χ0n) is 18.2. The van der Waals surface area contributed by atoms with Crippen LogP contribution in [-0.2, 0) is 11.6 Å². The topological polar surface area (TPSA) is 52.0 Å². The molecule has 4 aromatic rings. The lowest BCUT2D eigenvalue weighted by Gasteiger charge is -2.35. The van der Waals surface area contributed by atoms with Crippen LogP contribution in [-0.4, -0.2) is 6.18 Å². The molecular weight excluding hydrogens is 466 g/mol. The van der Waals surface area contributed by atoms with Crippen molar-refractivity contribution < 1.29 is 26.3 Å². The number of nitrogens with two attached hydrogens (primary N) is 2. The first-order valence-corrected chi connectivity index (χ1v) is 10.5. The summed E-state index contributed by atoms with van der Waals surface area (Å²) in [4.78, 5) is 0. The van der Waals surface area contributed by atoms with Gasteiger partial charge in [-0.1, -0.05) is 72.8 Å². The zero-order valence-corrected chi connectivity index (χ0v) is 18.2. The Hall–Kier alpha value is -3.94. The molecule has 4 rings (SSSR count). The fraction of sp³-hybridized carbons (Fsp3) is 0.111. The van der Waals surface area contributed by atoms with Crippen LogP contribution < -0.4 is 11.5 Å². The lowest BCUT2D eigenvalue weighted by molar-refractivity contribution is -0.314. The number of alkyl halides is 6. The Balaban J connectivity index is 1.72. The predicted molar refractivity (Wildman–Crippen MR) is 125 cm³/mol. The average Bonchev–Trinajstić information content (AvgIpc) is 2.84. The van der Waals surface area contributed by atoms with Crippen molar-refractivity contribution in [3.05, 3.63) is 108 Å². The van der Waals surface area contributed by atoms with Crippen molar-refractivity contribution in [2.45, 2.75) is 17.8 Å². The molecule has 0 heterocycles. The SMILES string of the molecule is Nc1ccc(-c2ccc(C(F)(F)C(F)(c3ccc(-c4ccc(N)cc4)cc3)C(F)(F)F)cc2)cc1. The van der Waals surface area contributed by atoms with Crippen molar-refractivity contribution in [3.8, 4) is 22.3 Å². The predicted octanol–water partition coefficient (Wildman–Crippen LogP) is 7.70. The molecule has 180 valence electrons. The zero-order chi connectivity index (χ0) is 25.4. The van der Waals surface area contributed by atoms with E-state index >= 15 is 13.2 Å². The van der Waals surface area contributed by atoms with E-state index in [0.29, 0.717) is 33.6 Å². The summed E-state index contributed by atoms with van der Waals surface area (Å²) in [6.45, 7) is 0. The maximum Gasteiger partial charge on any atom is 0.433 e. The van der Waals surface area contributed by atoms with Crippen LogP contribution in [0, 0.1) is 0 Å². The largest absolute Gasteiger partial charge is 0.433 e. The summed E-state index contributed by atoms with van der Waals surface area (Å²) < 4.78 is 88.1. The molecule has 0 fully saturated rings. The summed E-state index contributed by atoms with van der Waals surface area (Å²) in [5, 5.41) is 0. The number of hydrogen-bond acceptors (Lipinski definition) is 2. The minimum atomic E-state index is -5.89. The van der Waals surface area contributed by atoms with Gasteiger partial charge in [-0.3, -0.25) is 0 Å². The van der Waals surface area contributed by atoms with E-state index < -0.39 is 28.9 Å². The quantitative estimate of drug-likeness (QED) is 0.224. The van der Waals surface area contributed by atoms with Crippen molar-refractivity contribution in [1.29, 1.82) is 0 Å². The second-order valence-corrected chi connectivity index (χ2v) is 8.13. The molecule has 4 aromatic carbocycles. The first-order valence-electron chi connectivity index (χ1n) is 10.5. The van der Waals surface area contributed by atoms with Crippen molar-refractivity contribution >= 4 is 11.4 Å². The number of halogens is 6. The lowest BCUT2D eigenvalue weighted by Crippen LogP contribution is -2.51. The van der Waals surface area contributed by atoms with Crippen LogP contribution in [0.5, 0.6) is 0 Å². The van der Waals surface area contributed by atoms with E-state index in [4.69, 9.17) is 11.5 Å². The van der Waals surface area contributed by atoms with Gasteiger partial charge in [0.25, 0.3) is 5.67 Å². The van der Waals surface area contributed by atoms with E-state index in [0.717, 1.165) is 24.3 Å². The maximum atomic E-state index is 15.6. The summed E-state index contributed by atoms with van der Waals surface area (Å²) in [6, 6.07) is 20.7. The number of hydrogen-bond donors (Lipinski definition) is 2. The monoisotopic (exact) mass is 486 g/mol. The van der Waals surface area contributed by atoms with Crippen molar-refractivity contribution in [2.75, 3.05) is 11.5 Å². The molecule has 0 aliphatic rings. The smallest absolute Gasteiger partial charge is 0.399 e. The second kappa shape index (κ2) is 8.69. The van der Waals surface area contributed by atoms with Gasteiger partial charge in [-0.15, -0.1) is 0 Å². The van der Waals surface area contributed by atoms with Gasteiger partial charge in [0.1, 0.15) is 0 Å². The van der Waals surface area contributed by atoms with E-state index in [-0.39, 0.29) is 0 Å². The van der Waals surface area contributed by atoms with Gasteiger partial charge < -0.3 is 11.5 Å². The number of nitrogen functional groups attached to an aromatic ring is 2. The van der Waals surface area contributed by atoms with Gasteiger partial charge >= 0.3 is 12.1 Å². The third-order valence-corrected chi connectivity index (χ3v) is 5.84. The highest BCUT2D eigenvalue weighted by Gasteiger charge is 2.72. The highest BCUT2D eigenvalue weighted by molar-refractivity contribution is 5.67. The third-order valence-electron chi connectivity index (χ3n) is 5.84. The molecule has 0 radical (unpaired) electrons. The number of benzene rings is 4. The highest BCUT2D eigenvalue weighted by Crippen LogP contribution is 2.57. The average molecular weight is 486 g/mol. The van der Waals surface area contributed by atoms with Gasteiger partial charge in [0.15, 0.2) is 0 Å². The molecule has 4 N–H and O–H groups in total. The number of anilines is 2. The first-order chi connectivity index (χ1) is 16.4. The fourth-order valence-electron chi connectivity index (χ4n) is 3.84. The van der Waals surface area contributed by atoms with E-state index in [1.807, 2.05) is 0 Å². The van der Waals surface area contributed by atoms with Crippen LogP contribution >= 0.6 is 0 Å². The van der Waals surface area contributed by atoms with Gasteiger partial charge in [0.05, 0.1) is 0 Å². The van der Waals surface area contributed by atoms with Crippen LogP contribution in [0.2, 0.25) is 0 Å². The molecule has 0 saturated heterocycles. The van der Waals surface area contributed by atoms with E-state index in [9.17, 15) is 13.2 Å². The molecule has 0 spiro atoms. The Labute approximate surface area is 197 Å². The van der Waals surface area contributed by atoms with Gasteiger partial charge in [0, 0.05) is 22.5 Å². The second-order valence-electron chi connectivity index (χ2n) is 8.13. The minimum absolute atomic E-state index is 0.425. The van der Waals surface area contributed by atoms with Gasteiger partial charge in [0.2, 0.25) is 0 Å². The molecular formula is C27H20F6N2. The summed E-state index contributed by atoms with van der Waals surface area (Å²) >= 11 is 0. The molecule has 1 atom stereocenters. The van der Waals surface area contributed by atoms with Crippen LogP contribution in [0.4, 0.5) is 37.7 Å². The summed E-state index contributed by atoms with van der Waals surface area (Å²) in [6.07, 6.45) is -5.89. The summed E-state index contributed by atoms with van der Waals surface area (Å²) in [7, 11) is 0. The standard InChI is InChI=1S/C27H20F6N2/c28-25(27(31,32)33,21-9-1-17(2-10-21)19-5-13-23(34)14-6-19)26(29,30)22-11-3-18(4-12-22)20-7-15-24(35)16-8-20/h1-16H,34-35H2. The third kappa shape index (κ3) is 4.32. The maximum absolute atomic E-state index is 15.6. The first kappa shape index (κ1) is 24.2. The van der Waals surface area contributed by atoms with Crippen molar-refractivity contribution in [1.82, 2.24) is 0 Å². The Morgan fingerprint density at radius 2 is 0.686 bits per heavy atom. The molecule has 0 aromatic heterocycles. The van der Waals surface area contributed by atoms with Crippen LogP contribution in [0.15, 0.2) is 97.1 Å². The fourth-order valence-corrected chi connectivity index (χ4v) is 3.84. The van der Waals surface area contributed by atoms with Gasteiger partial charge in [-0.05, 0) is 46.5 Å². The Morgan fingerprint density at radius 3 is 1.00 bits per heavy atom. The van der Waals surface area contributed by atoms with E-state index in [2.05, 4.69) is 0 Å². The molecule has 0 aliphatic heterocycles. The van der Waals surface area contributed by atoms with Crippen molar-refractivity contribution in [2.24, 2.45) is 0 Å². The van der Waals surface area contributed by atoms with E-state index in [1.54, 1.807) is 48.5 Å². The molecule has 8 heteroatoms. The van der Waals surface area contributed by atoms with Crippen LogP contribution in [0.3, 0.4) is 0 Å². The summed E-state index contributed by atoms with van der Waals surface area (Å²) in [5.74, 6) is -4.91. The molecule has 0 aliphatic carbocycles. The molecule has 0 amide bonds. The normalized spacial score (nSPS) is 13.9. The van der Waals surface area contributed by atoms with E-state index in [1.165, 1.54) is 24.3 Å². The van der Waals surface area contributed by atoms with Gasteiger partial charge in [-0.25, -0.2) is 4.39 Å². The molecule has 2 nitrogen and oxygen atoms in total. The molecule has 0 saturated carbocycles. The lowest BCUT2D eigenvalue weighted by atomic mass is 9.83. The summed E-state index contributed by atoms with van der Waals surface area (Å²) in [5.41, 5.74) is 7.07. The van der Waals surface area contributed by atoms with Crippen LogP contribution in [0.1, 0.15) is 11.1 Å². The van der Waals surface area contributed by atoms with Gasteiger partial charge in [-0.2, -0.15) is 22.0 Å². The Bertz CT molecular complexity index is 1300. The van der Waals surface area contributed by atoms with Crippen LogP contribution in [0.25, 0.3) is 22.3 Å². The Morgan fingerprint density at radius 1 is 0.400 bits per heavy atom.